The Balaban J connectivity index is 0.00000117. The molecule has 2 aliphatic heterocycles. The highest BCUT2D eigenvalue weighted by Crippen LogP contribution is 2.45. The molecule has 0 aromatic carbocycles. The highest BCUT2D eigenvalue weighted by Gasteiger charge is 2.46. The van der Waals surface area contributed by atoms with E-state index in [1.54, 1.807) is 4.90 Å². The number of hydrogen-bond acceptors (Lipinski definition) is 7. The van der Waals surface area contributed by atoms with Crippen LogP contribution in [0.15, 0.2) is 5.16 Å². The van der Waals surface area contributed by atoms with Crippen molar-refractivity contribution in [1.82, 2.24) is 20.3 Å². The van der Waals surface area contributed by atoms with Crippen LogP contribution in [0.4, 0.5) is 19.0 Å². The summed E-state index contributed by atoms with van der Waals surface area (Å²) in [5.74, 6) is -4.91. The molecule has 1 unspecified atom stereocenters. The van der Waals surface area contributed by atoms with Crippen LogP contribution in [0.2, 0.25) is 5.15 Å². The number of halogens is 4. The molecule has 4 rings (SSSR count). The molecule has 0 spiro atoms. The summed E-state index contributed by atoms with van der Waals surface area (Å²) in [6, 6.07) is -0.667. The van der Waals surface area contributed by atoms with Gasteiger partial charge in [0.2, 0.25) is 15.0 Å². The van der Waals surface area contributed by atoms with Crippen molar-refractivity contribution in [2.24, 2.45) is 0 Å². The van der Waals surface area contributed by atoms with Crippen molar-refractivity contribution in [2.45, 2.75) is 44.3 Å². The van der Waals surface area contributed by atoms with Crippen LogP contribution >= 0.6 is 11.6 Å². The highest BCUT2D eigenvalue weighted by atomic mass is 35.5. The predicted octanol–water partition coefficient (Wildman–Crippen LogP) is 2.91. The van der Waals surface area contributed by atoms with E-state index in [-0.39, 0.29) is 23.5 Å². The summed E-state index contributed by atoms with van der Waals surface area (Å²) in [4.78, 5) is 13.0. The van der Waals surface area contributed by atoms with Crippen LogP contribution in [0.1, 0.15) is 32.9 Å². The number of hydrogen-bond donors (Lipinski definition) is 1. The topological polar surface area (TPSA) is 88.1 Å². The zero-order chi connectivity index (χ0) is 21.6. The molecule has 12 heteroatoms. The van der Waals surface area contributed by atoms with Gasteiger partial charge < -0.3 is 10.2 Å². The molecule has 1 atom stereocenters. The van der Waals surface area contributed by atoms with Gasteiger partial charge in [0.15, 0.2) is 11.0 Å². The summed E-state index contributed by atoms with van der Waals surface area (Å²) in [7, 11) is -3.90. The summed E-state index contributed by atoms with van der Waals surface area (Å²) in [5.41, 5.74) is -1.28. The largest absolute Gasteiger partial charge is 0.350 e. The van der Waals surface area contributed by atoms with Crippen LogP contribution in [-0.2, 0) is 15.8 Å². The Morgan fingerprint density at radius 3 is 2.62 bits per heavy atom. The van der Waals surface area contributed by atoms with Gasteiger partial charge in [-0.3, -0.25) is 0 Å². The molecule has 0 saturated carbocycles. The fourth-order valence-corrected chi connectivity index (χ4v) is 4.35. The molecule has 7 nitrogen and oxygen atoms in total. The second kappa shape index (κ2) is 7.84. The molecule has 1 saturated heterocycles. The van der Waals surface area contributed by atoms with Crippen LogP contribution in [0.25, 0.3) is 10.9 Å². The minimum Gasteiger partial charge on any atom is -0.350 e. The van der Waals surface area contributed by atoms with E-state index in [2.05, 4.69) is 20.3 Å². The SMILES string of the molecule is CC.CCS(=O)(=O)c1nc2c3c(nc(Cl)c(F)c3n1)C(F)(F)CC1CNCCN21. The number of anilines is 1. The molecule has 2 aliphatic rings. The number of pyridine rings is 1. The van der Waals surface area contributed by atoms with Gasteiger partial charge in [-0.1, -0.05) is 32.4 Å². The maximum Gasteiger partial charge on any atom is 0.292 e. The average Bonchev–Trinajstić information content (AvgIpc) is 2.80. The van der Waals surface area contributed by atoms with Crippen LogP contribution in [0.3, 0.4) is 0 Å². The van der Waals surface area contributed by atoms with Gasteiger partial charge in [-0.15, -0.1) is 0 Å². The summed E-state index contributed by atoms with van der Waals surface area (Å²) < 4.78 is 69.1. The highest BCUT2D eigenvalue weighted by molar-refractivity contribution is 7.91. The lowest BCUT2D eigenvalue weighted by molar-refractivity contribution is -0.0225. The van der Waals surface area contributed by atoms with Crippen molar-refractivity contribution >= 4 is 38.2 Å². The minimum absolute atomic E-state index is 0.0474. The first-order valence-corrected chi connectivity index (χ1v) is 11.3. The van der Waals surface area contributed by atoms with E-state index in [1.165, 1.54) is 6.92 Å². The first-order valence-electron chi connectivity index (χ1n) is 9.31. The number of sulfone groups is 1. The lowest BCUT2D eigenvalue weighted by Crippen LogP contribution is -2.52. The van der Waals surface area contributed by atoms with Crippen molar-refractivity contribution < 1.29 is 21.6 Å². The second-order valence-corrected chi connectivity index (χ2v) is 9.01. The van der Waals surface area contributed by atoms with Crippen LogP contribution in [-0.4, -0.2) is 54.8 Å². The number of nitrogens with one attached hydrogen (secondary N) is 1. The summed E-state index contributed by atoms with van der Waals surface area (Å²) in [6.07, 6.45) is -0.587. The van der Waals surface area contributed by atoms with Crippen molar-refractivity contribution in [3.05, 3.63) is 16.7 Å². The van der Waals surface area contributed by atoms with E-state index < -0.39 is 55.6 Å². The van der Waals surface area contributed by atoms with E-state index in [1.807, 2.05) is 13.8 Å². The molecule has 0 radical (unpaired) electrons. The monoisotopic (exact) mass is 451 g/mol. The molecular formula is C17H21ClF3N5O2S. The third kappa shape index (κ3) is 3.64. The van der Waals surface area contributed by atoms with Gasteiger partial charge in [-0.05, 0) is 0 Å². The molecular weight excluding hydrogens is 431 g/mol. The number of nitrogens with zero attached hydrogens (tertiary/aromatic N) is 4. The normalized spacial score (nSPS) is 20.5. The predicted molar refractivity (Wildman–Crippen MR) is 104 cm³/mol. The lowest BCUT2D eigenvalue weighted by atomic mass is 10.0. The van der Waals surface area contributed by atoms with Crippen molar-refractivity contribution in [1.29, 1.82) is 0 Å². The summed E-state index contributed by atoms with van der Waals surface area (Å²) in [6.45, 7) is 6.44. The fraction of sp³-hybridized carbons (Fsp3) is 0.588. The molecule has 0 amide bonds. The molecule has 160 valence electrons. The first-order chi connectivity index (χ1) is 13.7. The third-order valence-electron chi connectivity index (χ3n) is 4.82. The van der Waals surface area contributed by atoms with Crippen molar-refractivity contribution in [3.8, 4) is 0 Å². The number of fused-ring (bicyclic) bond motifs is 2. The van der Waals surface area contributed by atoms with E-state index in [0.29, 0.717) is 13.1 Å². The molecule has 2 aromatic rings. The smallest absolute Gasteiger partial charge is 0.292 e. The molecule has 2 aromatic heterocycles. The van der Waals surface area contributed by atoms with Gasteiger partial charge in [-0.25, -0.2) is 27.8 Å². The Morgan fingerprint density at radius 1 is 1.28 bits per heavy atom. The maximum absolute atomic E-state index is 14.9. The standard InChI is InChI=1S/C15H15ClF3N5O2S.C2H6/c1-2-27(25,26)14-21-10-8-11(22-12(16)9(10)17)15(18,19)5-7-6-20-3-4-24(7)13(8)23-14;1-2/h7,20H,2-6H2,1H3;1-2H3. The third-order valence-corrected chi connectivity index (χ3v) is 6.57. The number of rotatable bonds is 2. The Bertz CT molecular complexity index is 1050. The van der Waals surface area contributed by atoms with E-state index in [0.717, 1.165) is 0 Å². The molecule has 4 heterocycles. The average molecular weight is 452 g/mol. The van der Waals surface area contributed by atoms with Gasteiger partial charge in [-0.2, -0.15) is 8.78 Å². The number of aromatic nitrogens is 3. The fourth-order valence-electron chi connectivity index (χ4n) is 3.46. The van der Waals surface area contributed by atoms with Gasteiger partial charge >= 0.3 is 0 Å². The Kier molecular flexibility index (Phi) is 5.94. The zero-order valence-electron chi connectivity index (χ0n) is 16.1. The molecule has 1 N–H and O–H groups in total. The molecule has 1 fully saturated rings. The van der Waals surface area contributed by atoms with E-state index in [4.69, 9.17) is 11.6 Å². The lowest BCUT2D eigenvalue weighted by Gasteiger charge is -2.36. The second-order valence-electron chi connectivity index (χ2n) is 6.48. The van der Waals surface area contributed by atoms with Crippen LogP contribution in [0.5, 0.6) is 0 Å². The maximum atomic E-state index is 14.9. The van der Waals surface area contributed by atoms with Crippen LogP contribution in [0, 0.1) is 5.82 Å². The van der Waals surface area contributed by atoms with Crippen molar-refractivity contribution in [2.75, 3.05) is 30.3 Å². The Labute approximate surface area is 171 Å². The molecule has 0 bridgehead atoms. The summed E-state index contributed by atoms with van der Waals surface area (Å²) >= 11 is 5.73. The first kappa shape index (κ1) is 22.0. The van der Waals surface area contributed by atoms with Crippen LogP contribution < -0.4 is 10.2 Å². The zero-order valence-corrected chi connectivity index (χ0v) is 17.7. The van der Waals surface area contributed by atoms with E-state index in [9.17, 15) is 21.6 Å². The van der Waals surface area contributed by atoms with Gasteiger partial charge in [0.25, 0.3) is 5.92 Å². The number of piperazine rings is 1. The van der Waals surface area contributed by atoms with Gasteiger partial charge in [0.1, 0.15) is 17.0 Å². The Hall–Kier alpha value is -1.72. The Morgan fingerprint density at radius 2 is 1.97 bits per heavy atom. The van der Waals surface area contributed by atoms with Gasteiger partial charge in [0, 0.05) is 32.1 Å². The number of alkyl halides is 2. The molecule has 29 heavy (non-hydrogen) atoms. The molecule has 0 aliphatic carbocycles. The quantitative estimate of drug-likeness (QED) is 0.554. The minimum atomic E-state index is -3.90. The van der Waals surface area contributed by atoms with Gasteiger partial charge in [0.05, 0.1) is 11.1 Å². The van der Waals surface area contributed by atoms with E-state index >= 15 is 0 Å². The van der Waals surface area contributed by atoms with Crippen molar-refractivity contribution in [3.63, 3.8) is 0 Å². The summed E-state index contributed by atoms with van der Waals surface area (Å²) in [5, 5.41) is 1.35.